The van der Waals surface area contributed by atoms with Gasteiger partial charge in [0.25, 0.3) is 0 Å². The van der Waals surface area contributed by atoms with E-state index in [0.717, 1.165) is 42.9 Å². The lowest BCUT2D eigenvalue weighted by atomic mass is 9.84. The molecule has 0 aromatic heterocycles. The van der Waals surface area contributed by atoms with E-state index in [-0.39, 0.29) is 6.04 Å². The fourth-order valence-corrected chi connectivity index (χ4v) is 3.01. The quantitative estimate of drug-likeness (QED) is 0.819. The third kappa shape index (κ3) is 5.27. The largest absolute Gasteiger partial charge is 0.497 e. The van der Waals surface area contributed by atoms with Gasteiger partial charge in [-0.05, 0) is 49.3 Å². The van der Waals surface area contributed by atoms with Gasteiger partial charge in [-0.2, -0.15) is 0 Å². The van der Waals surface area contributed by atoms with Crippen molar-refractivity contribution >= 4 is 11.8 Å². The van der Waals surface area contributed by atoms with Crippen LogP contribution in [0.25, 0.3) is 0 Å². The summed E-state index contributed by atoms with van der Waals surface area (Å²) in [6.45, 7) is 2.52. The predicted octanol–water partition coefficient (Wildman–Crippen LogP) is 2.40. The first-order valence-electron chi connectivity index (χ1n) is 8.34. The fraction of sp³-hybridized carbons (Fsp3) is 0.556. The summed E-state index contributed by atoms with van der Waals surface area (Å²) in [6.07, 6.45) is 5.39. The van der Waals surface area contributed by atoms with Gasteiger partial charge in [0, 0.05) is 12.6 Å². The molecule has 2 rings (SSSR count). The van der Waals surface area contributed by atoms with Crippen LogP contribution < -0.4 is 15.4 Å². The molecule has 126 valence electrons. The van der Waals surface area contributed by atoms with Crippen LogP contribution in [0.3, 0.4) is 0 Å². The van der Waals surface area contributed by atoms with Gasteiger partial charge < -0.3 is 15.4 Å². The monoisotopic (exact) mass is 318 g/mol. The standard InChI is InChI=1S/C18H26N2O3/c1-3-13-7-9-15(10-8-13)20-18(22)17(21)19-12-14-5-4-6-16(11-14)23-2/h4-6,11,13,15H,3,7-10,12H2,1-2H3,(H,19,21)(H,20,22). The molecule has 1 aliphatic rings. The number of amides is 2. The van der Waals surface area contributed by atoms with E-state index >= 15 is 0 Å². The average molecular weight is 318 g/mol. The number of carbonyl (C=O) groups is 2. The van der Waals surface area contributed by atoms with E-state index in [2.05, 4.69) is 17.6 Å². The van der Waals surface area contributed by atoms with Gasteiger partial charge in [0.05, 0.1) is 7.11 Å². The Labute approximate surface area is 137 Å². The van der Waals surface area contributed by atoms with E-state index in [4.69, 9.17) is 4.74 Å². The van der Waals surface area contributed by atoms with Crippen LogP contribution >= 0.6 is 0 Å². The van der Waals surface area contributed by atoms with Crippen molar-refractivity contribution in [2.75, 3.05) is 7.11 Å². The van der Waals surface area contributed by atoms with Gasteiger partial charge in [-0.3, -0.25) is 9.59 Å². The number of nitrogens with one attached hydrogen (secondary N) is 2. The lowest BCUT2D eigenvalue weighted by molar-refractivity contribution is -0.139. The van der Waals surface area contributed by atoms with Crippen LogP contribution in [-0.4, -0.2) is 25.0 Å². The van der Waals surface area contributed by atoms with E-state index in [9.17, 15) is 9.59 Å². The molecule has 1 fully saturated rings. The smallest absolute Gasteiger partial charge is 0.309 e. The first-order chi connectivity index (χ1) is 11.1. The van der Waals surface area contributed by atoms with Crippen LogP contribution in [0.4, 0.5) is 0 Å². The Morgan fingerprint density at radius 1 is 1.17 bits per heavy atom. The summed E-state index contributed by atoms with van der Waals surface area (Å²) in [4.78, 5) is 23.9. The fourth-order valence-electron chi connectivity index (χ4n) is 3.01. The number of rotatable bonds is 5. The molecule has 0 bridgehead atoms. The van der Waals surface area contributed by atoms with Gasteiger partial charge in [0.1, 0.15) is 5.75 Å². The highest BCUT2D eigenvalue weighted by Crippen LogP contribution is 2.26. The summed E-state index contributed by atoms with van der Waals surface area (Å²) in [5.41, 5.74) is 0.897. The highest BCUT2D eigenvalue weighted by Gasteiger charge is 2.23. The Balaban J connectivity index is 1.75. The number of benzene rings is 1. The Hall–Kier alpha value is -2.04. The van der Waals surface area contributed by atoms with E-state index in [1.54, 1.807) is 7.11 Å². The number of hydrogen-bond donors (Lipinski definition) is 2. The molecule has 0 saturated heterocycles. The second kappa shape index (κ2) is 8.56. The second-order valence-electron chi connectivity index (χ2n) is 6.13. The predicted molar refractivity (Wildman–Crippen MR) is 89.0 cm³/mol. The van der Waals surface area contributed by atoms with E-state index in [1.807, 2.05) is 24.3 Å². The lowest BCUT2D eigenvalue weighted by Crippen LogP contribution is -2.45. The molecule has 0 spiro atoms. The molecule has 1 saturated carbocycles. The summed E-state index contributed by atoms with van der Waals surface area (Å²) in [7, 11) is 1.60. The third-order valence-corrected chi connectivity index (χ3v) is 4.55. The highest BCUT2D eigenvalue weighted by molar-refractivity contribution is 6.35. The molecule has 0 radical (unpaired) electrons. The molecule has 5 nitrogen and oxygen atoms in total. The van der Waals surface area contributed by atoms with E-state index in [1.165, 1.54) is 6.42 Å². The third-order valence-electron chi connectivity index (χ3n) is 4.55. The molecule has 23 heavy (non-hydrogen) atoms. The maximum atomic E-state index is 12.0. The molecule has 2 amide bonds. The molecule has 5 heteroatoms. The molecule has 1 aromatic carbocycles. The Morgan fingerprint density at radius 2 is 1.91 bits per heavy atom. The zero-order valence-corrected chi connectivity index (χ0v) is 13.9. The molecule has 1 aliphatic carbocycles. The number of carbonyl (C=O) groups excluding carboxylic acids is 2. The van der Waals surface area contributed by atoms with Crippen LogP contribution in [0.1, 0.15) is 44.6 Å². The van der Waals surface area contributed by atoms with Gasteiger partial charge in [-0.25, -0.2) is 0 Å². The van der Waals surface area contributed by atoms with Crippen LogP contribution in [-0.2, 0) is 16.1 Å². The van der Waals surface area contributed by atoms with Crippen LogP contribution in [0, 0.1) is 5.92 Å². The van der Waals surface area contributed by atoms with Gasteiger partial charge in [-0.15, -0.1) is 0 Å². The van der Waals surface area contributed by atoms with Crippen molar-refractivity contribution in [3.63, 3.8) is 0 Å². The minimum atomic E-state index is -0.578. The van der Waals surface area contributed by atoms with Crippen molar-refractivity contribution < 1.29 is 14.3 Å². The molecular formula is C18H26N2O3. The normalized spacial score (nSPS) is 20.6. The van der Waals surface area contributed by atoms with Crippen molar-refractivity contribution in [2.24, 2.45) is 5.92 Å². The minimum absolute atomic E-state index is 0.132. The lowest BCUT2D eigenvalue weighted by Gasteiger charge is -2.28. The summed E-state index contributed by atoms with van der Waals surface area (Å²) in [5, 5.41) is 5.50. The van der Waals surface area contributed by atoms with Crippen molar-refractivity contribution in [1.82, 2.24) is 10.6 Å². The van der Waals surface area contributed by atoms with Crippen molar-refractivity contribution in [1.29, 1.82) is 0 Å². The van der Waals surface area contributed by atoms with E-state index in [0.29, 0.717) is 6.54 Å². The maximum absolute atomic E-state index is 12.0. The topological polar surface area (TPSA) is 67.4 Å². The van der Waals surface area contributed by atoms with Crippen molar-refractivity contribution in [3.8, 4) is 5.75 Å². The zero-order valence-electron chi connectivity index (χ0n) is 13.9. The zero-order chi connectivity index (χ0) is 16.7. The second-order valence-corrected chi connectivity index (χ2v) is 6.13. The molecule has 1 aromatic rings. The summed E-state index contributed by atoms with van der Waals surface area (Å²) >= 11 is 0. The number of methoxy groups -OCH3 is 1. The first kappa shape index (κ1) is 17.3. The van der Waals surface area contributed by atoms with Crippen LogP contribution in [0.2, 0.25) is 0 Å². The van der Waals surface area contributed by atoms with E-state index < -0.39 is 11.8 Å². The molecule has 0 heterocycles. The highest BCUT2D eigenvalue weighted by atomic mass is 16.5. The van der Waals surface area contributed by atoms with Gasteiger partial charge >= 0.3 is 11.8 Å². The molecule has 0 atom stereocenters. The van der Waals surface area contributed by atoms with Gasteiger partial charge in [-0.1, -0.05) is 25.5 Å². The van der Waals surface area contributed by atoms with Crippen LogP contribution in [0.15, 0.2) is 24.3 Å². The Bertz CT molecular complexity index is 537. The van der Waals surface area contributed by atoms with Gasteiger partial charge in [0.15, 0.2) is 0 Å². The molecule has 0 unspecified atom stereocenters. The van der Waals surface area contributed by atoms with Gasteiger partial charge in [0.2, 0.25) is 0 Å². The molecular weight excluding hydrogens is 292 g/mol. The summed E-state index contributed by atoms with van der Waals surface area (Å²) in [6, 6.07) is 7.54. The average Bonchev–Trinajstić information content (AvgIpc) is 2.60. The maximum Gasteiger partial charge on any atom is 0.309 e. The first-order valence-corrected chi connectivity index (χ1v) is 8.34. The Kier molecular flexibility index (Phi) is 6.44. The Morgan fingerprint density at radius 3 is 2.57 bits per heavy atom. The molecule has 0 aliphatic heterocycles. The number of hydrogen-bond acceptors (Lipinski definition) is 3. The van der Waals surface area contributed by atoms with Crippen molar-refractivity contribution in [2.45, 2.75) is 51.6 Å². The minimum Gasteiger partial charge on any atom is -0.497 e. The SMILES string of the molecule is CCC1CCC(NC(=O)C(=O)NCc2cccc(OC)c2)CC1. The van der Waals surface area contributed by atoms with Crippen LogP contribution in [0.5, 0.6) is 5.75 Å². The van der Waals surface area contributed by atoms with Crippen molar-refractivity contribution in [3.05, 3.63) is 29.8 Å². The summed E-state index contributed by atoms with van der Waals surface area (Å²) in [5.74, 6) is 0.386. The number of ether oxygens (including phenoxy) is 1. The summed E-state index contributed by atoms with van der Waals surface area (Å²) < 4.78 is 5.14. The molecule has 2 N–H and O–H groups in total.